The minimum atomic E-state index is -0.529. The van der Waals surface area contributed by atoms with Crippen LogP contribution in [0.1, 0.15) is 26.3 Å². The lowest BCUT2D eigenvalue weighted by molar-refractivity contribution is 0.0285. The van der Waals surface area contributed by atoms with Gasteiger partial charge in [-0.3, -0.25) is 0 Å². The number of benzene rings is 2. The van der Waals surface area contributed by atoms with E-state index in [1.807, 2.05) is 64.2 Å². The Bertz CT molecular complexity index is 1250. The van der Waals surface area contributed by atoms with Crippen molar-refractivity contribution in [3.8, 4) is 16.9 Å². The molecule has 0 atom stereocenters. The van der Waals surface area contributed by atoms with Gasteiger partial charge in [0.2, 0.25) is 5.95 Å². The fourth-order valence-corrected chi connectivity index (χ4v) is 3.91. The molecule has 10 heteroatoms. The van der Waals surface area contributed by atoms with E-state index in [1.54, 1.807) is 41.4 Å². The van der Waals surface area contributed by atoms with Gasteiger partial charge in [0, 0.05) is 63.4 Å². The maximum Gasteiger partial charge on any atom is 0.415 e. The Balaban J connectivity index is 1.29. The lowest BCUT2D eigenvalue weighted by Gasteiger charge is -2.31. The average molecular weight is 533 g/mol. The highest BCUT2D eigenvalue weighted by Crippen LogP contribution is 2.22. The third kappa shape index (κ3) is 8.15. The van der Waals surface area contributed by atoms with Gasteiger partial charge in [0.1, 0.15) is 11.4 Å². The van der Waals surface area contributed by atoms with Gasteiger partial charge in [0.05, 0.1) is 0 Å². The van der Waals surface area contributed by atoms with Crippen molar-refractivity contribution in [1.82, 2.24) is 24.7 Å². The van der Waals surface area contributed by atoms with Crippen molar-refractivity contribution in [3.05, 3.63) is 66.5 Å². The summed E-state index contributed by atoms with van der Waals surface area (Å²) in [5, 5.41) is 3.16. The summed E-state index contributed by atoms with van der Waals surface area (Å²) in [4.78, 5) is 38.9. The normalized spacial score (nSPS) is 14.0. The molecular formula is C29H36N6O4. The van der Waals surface area contributed by atoms with Crippen molar-refractivity contribution < 1.29 is 19.1 Å². The number of aromatic nitrogens is 2. The highest BCUT2D eigenvalue weighted by Gasteiger charge is 2.21. The predicted octanol–water partition coefficient (Wildman–Crippen LogP) is 5.00. The summed E-state index contributed by atoms with van der Waals surface area (Å²) >= 11 is 0. The molecule has 1 fully saturated rings. The number of hydrogen-bond donors (Lipinski definition) is 1. The van der Waals surface area contributed by atoms with Gasteiger partial charge in [0.15, 0.2) is 0 Å². The van der Waals surface area contributed by atoms with E-state index >= 15 is 0 Å². The van der Waals surface area contributed by atoms with Crippen molar-refractivity contribution in [2.75, 3.05) is 45.6 Å². The second-order valence-corrected chi connectivity index (χ2v) is 10.6. The van der Waals surface area contributed by atoms with E-state index in [0.29, 0.717) is 31.3 Å². The highest BCUT2D eigenvalue weighted by atomic mass is 16.6. The molecule has 39 heavy (non-hydrogen) atoms. The highest BCUT2D eigenvalue weighted by molar-refractivity contribution is 5.71. The number of rotatable bonds is 6. The summed E-state index contributed by atoms with van der Waals surface area (Å²) in [7, 11) is 3.76. The van der Waals surface area contributed by atoms with E-state index < -0.39 is 5.60 Å². The van der Waals surface area contributed by atoms with Crippen LogP contribution in [0.25, 0.3) is 11.1 Å². The Morgan fingerprint density at radius 1 is 0.923 bits per heavy atom. The number of carbonyl (C=O) groups is 2. The number of nitrogens with zero attached hydrogens (tertiary/aromatic N) is 5. The average Bonchev–Trinajstić information content (AvgIpc) is 2.90. The maximum absolute atomic E-state index is 12.4. The first-order valence-electron chi connectivity index (χ1n) is 12.9. The second-order valence-electron chi connectivity index (χ2n) is 10.6. The molecule has 206 valence electrons. The zero-order valence-corrected chi connectivity index (χ0v) is 23.2. The second kappa shape index (κ2) is 12.1. The number of anilines is 2. The fourth-order valence-electron chi connectivity index (χ4n) is 3.91. The molecule has 10 nitrogen and oxygen atoms in total. The summed E-state index contributed by atoms with van der Waals surface area (Å²) < 4.78 is 10.9. The van der Waals surface area contributed by atoms with E-state index in [4.69, 9.17) is 9.47 Å². The van der Waals surface area contributed by atoms with Crippen LogP contribution in [0, 0.1) is 0 Å². The van der Waals surface area contributed by atoms with Crippen molar-refractivity contribution >= 4 is 23.8 Å². The fraction of sp³-hybridized carbons (Fsp3) is 0.379. The summed E-state index contributed by atoms with van der Waals surface area (Å²) in [5.41, 5.74) is 3.08. The van der Waals surface area contributed by atoms with Gasteiger partial charge in [0.25, 0.3) is 0 Å². The topological polar surface area (TPSA) is 100 Å². The molecule has 1 saturated heterocycles. The third-order valence-corrected chi connectivity index (χ3v) is 6.14. The number of nitrogens with one attached hydrogen (secondary N) is 1. The van der Waals surface area contributed by atoms with E-state index in [-0.39, 0.29) is 12.2 Å². The number of piperazine rings is 1. The van der Waals surface area contributed by atoms with E-state index in [9.17, 15) is 9.59 Å². The Labute approximate surface area is 229 Å². The van der Waals surface area contributed by atoms with Crippen LogP contribution in [0.2, 0.25) is 0 Å². The van der Waals surface area contributed by atoms with Gasteiger partial charge in [-0.05, 0) is 63.2 Å². The van der Waals surface area contributed by atoms with Gasteiger partial charge in [-0.25, -0.2) is 19.6 Å². The smallest absolute Gasteiger partial charge is 0.415 e. The van der Waals surface area contributed by atoms with Gasteiger partial charge in [-0.2, -0.15) is 0 Å². The van der Waals surface area contributed by atoms with E-state index in [2.05, 4.69) is 20.2 Å². The molecule has 0 saturated carbocycles. The molecule has 1 N–H and O–H groups in total. The first-order valence-corrected chi connectivity index (χ1v) is 12.9. The molecule has 2 amide bonds. The summed E-state index contributed by atoms with van der Waals surface area (Å²) in [6.07, 6.45) is 2.82. The van der Waals surface area contributed by atoms with Crippen LogP contribution in [0.3, 0.4) is 0 Å². The first-order chi connectivity index (χ1) is 18.6. The van der Waals surface area contributed by atoms with Gasteiger partial charge >= 0.3 is 12.2 Å². The van der Waals surface area contributed by atoms with Gasteiger partial charge in [-0.1, -0.05) is 24.3 Å². The first kappa shape index (κ1) is 27.8. The Kier molecular flexibility index (Phi) is 8.65. The van der Waals surface area contributed by atoms with Crippen LogP contribution < -0.4 is 10.1 Å². The molecule has 1 aromatic heterocycles. The standard InChI is InChI=1S/C29H36N6O4/c1-29(2,3)39-27(36)34(5)20-21-6-8-22(9-7-21)23-18-30-26(31-19-23)32-24-10-12-25(13-11-24)38-28(37)35-16-14-33(4)15-17-35/h6-13,18-19H,14-17,20H2,1-5H3,(H,30,31,32). The minimum Gasteiger partial charge on any atom is -0.444 e. The SMILES string of the molecule is CN1CCN(C(=O)Oc2ccc(Nc3ncc(-c4ccc(CN(C)C(=O)OC(C)(C)C)cc4)cn3)cc2)CC1. The number of amides is 2. The van der Waals surface area contributed by atoms with Crippen LogP contribution >= 0.6 is 0 Å². The molecule has 1 aliphatic rings. The zero-order chi connectivity index (χ0) is 28.0. The van der Waals surface area contributed by atoms with Crippen LogP contribution in [0.5, 0.6) is 5.75 Å². The Hall–Kier alpha value is -4.18. The molecule has 0 radical (unpaired) electrons. The van der Waals surface area contributed by atoms with Crippen molar-refractivity contribution in [1.29, 1.82) is 0 Å². The van der Waals surface area contributed by atoms with Crippen molar-refractivity contribution in [2.45, 2.75) is 32.9 Å². The largest absolute Gasteiger partial charge is 0.444 e. The molecule has 0 bridgehead atoms. The van der Waals surface area contributed by atoms with Crippen molar-refractivity contribution in [3.63, 3.8) is 0 Å². The molecular weight excluding hydrogens is 496 g/mol. The monoisotopic (exact) mass is 532 g/mol. The Morgan fingerprint density at radius 2 is 1.54 bits per heavy atom. The van der Waals surface area contributed by atoms with Crippen molar-refractivity contribution in [2.24, 2.45) is 0 Å². The quantitative estimate of drug-likeness (QED) is 0.474. The van der Waals surface area contributed by atoms with E-state index in [0.717, 1.165) is 35.5 Å². The molecule has 2 heterocycles. The summed E-state index contributed by atoms with van der Waals surface area (Å²) in [6, 6.07) is 15.0. The molecule has 0 spiro atoms. The van der Waals surface area contributed by atoms with Crippen LogP contribution in [-0.4, -0.2) is 82.7 Å². The van der Waals surface area contributed by atoms with Gasteiger partial charge in [-0.15, -0.1) is 0 Å². The third-order valence-electron chi connectivity index (χ3n) is 6.14. The molecule has 1 aliphatic heterocycles. The van der Waals surface area contributed by atoms with Crippen LogP contribution in [0.4, 0.5) is 21.2 Å². The molecule has 4 rings (SSSR count). The zero-order valence-electron chi connectivity index (χ0n) is 23.2. The minimum absolute atomic E-state index is 0.328. The molecule has 3 aromatic rings. The van der Waals surface area contributed by atoms with E-state index in [1.165, 1.54) is 0 Å². The number of ether oxygens (including phenoxy) is 2. The number of carbonyl (C=O) groups excluding carboxylic acids is 2. The summed E-state index contributed by atoms with van der Waals surface area (Å²) in [6.45, 7) is 9.01. The molecule has 2 aromatic carbocycles. The Morgan fingerprint density at radius 3 is 2.13 bits per heavy atom. The lowest BCUT2D eigenvalue weighted by Crippen LogP contribution is -2.48. The van der Waals surface area contributed by atoms with Crippen LogP contribution in [-0.2, 0) is 11.3 Å². The lowest BCUT2D eigenvalue weighted by atomic mass is 10.1. The maximum atomic E-state index is 12.4. The number of likely N-dealkylation sites (N-methyl/N-ethyl adjacent to an activating group) is 1. The molecule has 0 unspecified atom stereocenters. The predicted molar refractivity (Wildman–Crippen MR) is 150 cm³/mol. The van der Waals surface area contributed by atoms with Gasteiger partial charge < -0.3 is 29.5 Å². The summed E-state index contributed by atoms with van der Waals surface area (Å²) in [5.74, 6) is 0.943. The molecule has 0 aliphatic carbocycles. The van der Waals surface area contributed by atoms with Crippen LogP contribution in [0.15, 0.2) is 60.9 Å². The number of hydrogen-bond acceptors (Lipinski definition) is 8.